The molecule has 0 unspecified atom stereocenters. The predicted molar refractivity (Wildman–Crippen MR) is 134 cm³/mol. The second kappa shape index (κ2) is 12.7. The highest BCUT2D eigenvalue weighted by Crippen LogP contribution is 2.27. The van der Waals surface area contributed by atoms with Gasteiger partial charge in [0.25, 0.3) is 0 Å². The standard InChI is InChI=1S/C28H38N2O6/c1-17-7-19(3)25(11-23-13-29-15-33-23)35-28(32)22(6)10-18(2)8-20(4)26(12-24-14-30-16-34-24)36-27(31)21(5)9-17/h9-10,13-20,25-26H,7-8,11-12H2,1-6H3/b21-9+,22-10?/t17-,18-,19+,20+,25+,26+/m0/s1. The molecule has 1 aliphatic heterocycles. The number of carbonyl (C=O) groups excluding carboxylic acids is 2. The first-order valence-electron chi connectivity index (χ1n) is 12.7. The maximum absolute atomic E-state index is 13.0. The largest absolute Gasteiger partial charge is 0.458 e. The summed E-state index contributed by atoms with van der Waals surface area (Å²) in [5.74, 6) is 0.843. The average molecular weight is 499 g/mol. The molecule has 0 saturated carbocycles. The van der Waals surface area contributed by atoms with Gasteiger partial charge < -0.3 is 18.3 Å². The van der Waals surface area contributed by atoms with Gasteiger partial charge in [0.2, 0.25) is 0 Å². The van der Waals surface area contributed by atoms with Gasteiger partial charge >= 0.3 is 11.9 Å². The highest BCUT2D eigenvalue weighted by molar-refractivity contribution is 5.88. The van der Waals surface area contributed by atoms with Crippen molar-refractivity contribution in [3.8, 4) is 0 Å². The van der Waals surface area contributed by atoms with Crippen molar-refractivity contribution >= 4 is 11.9 Å². The Morgan fingerprint density at radius 2 is 1.11 bits per heavy atom. The Hall–Kier alpha value is -3.16. The average Bonchev–Trinajstić information content (AvgIpc) is 3.51. The van der Waals surface area contributed by atoms with Crippen LogP contribution in [0.5, 0.6) is 0 Å². The summed E-state index contributed by atoms with van der Waals surface area (Å²) in [6, 6.07) is 0. The maximum Gasteiger partial charge on any atom is 0.333 e. The Bertz CT molecular complexity index is 956. The second-order valence-electron chi connectivity index (χ2n) is 10.3. The van der Waals surface area contributed by atoms with E-state index in [2.05, 4.69) is 9.97 Å². The van der Waals surface area contributed by atoms with Gasteiger partial charge in [-0.1, -0.05) is 39.8 Å². The molecule has 2 aromatic heterocycles. The van der Waals surface area contributed by atoms with E-state index >= 15 is 0 Å². The van der Waals surface area contributed by atoms with E-state index in [0.29, 0.717) is 48.3 Å². The van der Waals surface area contributed by atoms with Crippen LogP contribution in [0.4, 0.5) is 0 Å². The molecule has 0 aromatic carbocycles. The number of rotatable bonds is 4. The van der Waals surface area contributed by atoms with E-state index in [0.717, 1.165) is 0 Å². The number of nitrogens with zero attached hydrogens (tertiary/aromatic N) is 2. The summed E-state index contributed by atoms with van der Waals surface area (Å²) in [7, 11) is 0. The normalized spacial score (nSPS) is 30.6. The van der Waals surface area contributed by atoms with E-state index in [9.17, 15) is 9.59 Å². The maximum atomic E-state index is 13.0. The van der Waals surface area contributed by atoms with Crippen LogP contribution in [0, 0.1) is 23.7 Å². The van der Waals surface area contributed by atoms with E-state index in [1.54, 1.807) is 26.2 Å². The molecule has 6 atom stereocenters. The second-order valence-corrected chi connectivity index (χ2v) is 10.3. The molecule has 196 valence electrons. The molecule has 0 fully saturated rings. The van der Waals surface area contributed by atoms with Gasteiger partial charge in [0.15, 0.2) is 12.8 Å². The number of cyclic esters (lactones) is 2. The van der Waals surface area contributed by atoms with Crippen molar-refractivity contribution < 1.29 is 27.9 Å². The quantitative estimate of drug-likeness (QED) is 0.509. The number of allylic oxidation sites excluding steroid dienone is 2. The van der Waals surface area contributed by atoms with Crippen molar-refractivity contribution in [3.05, 3.63) is 60.0 Å². The number of hydrogen-bond donors (Lipinski definition) is 0. The first-order chi connectivity index (χ1) is 17.1. The molecule has 1 aliphatic rings. The van der Waals surface area contributed by atoms with Gasteiger partial charge in [-0.15, -0.1) is 0 Å². The third kappa shape index (κ3) is 7.93. The summed E-state index contributed by atoms with van der Waals surface area (Å²) in [4.78, 5) is 34.0. The van der Waals surface area contributed by atoms with Gasteiger partial charge in [-0.2, -0.15) is 0 Å². The van der Waals surface area contributed by atoms with E-state index in [4.69, 9.17) is 18.3 Å². The summed E-state index contributed by atoms with van der Waals surface area (Å²) in [6.07, 6.45) is 11.4. The van der Waals surface area contributed by atoms with E-state index < -0.39 is 0 Å². The number of ether oxygens (including phenoxy) is 2. The molecular formula is C28H38N2O6. The fraction of sp³-hybridized carbons (Fsp3) is 0.571. The highest BCUT2D eigenvalue weighted by atomic mass is 16.5. The Kier molecular flexibility index (Phi) is 9.67. The smallest absolute Gasteiger partial charge is 0.333 e. The van der Waals surface area contributed by atoms with E-state index in [-0.39, 0.29) is 47.8 Å². The Morgan fingerprint density at radius 3 is 1.44 bits per heavy atom. The molecule has 0 spiro atoms. The number of aromatic nitrogens is 2. The van der Waals surface area contributed by atoms with Gasteiger partial charge in [-0.05, 0) is 50.4 Å². The summed E-state index contributed by atoms with van der Waals surface area (Å²) in [5.41, 5.74) is 1.12. The van der Waals surface area contributed by atoms with Gasteiger partial charge in [-0.3, -0.25) is 0 Å². The van der Waals surface area contributed by atoms with Gasteiger partial charge in [0.05, 0.1) is 12.4 Å². The zero-order valence-corrected chi connectivity index (χ0v) is 22.1. The van der Waals surface area contributed by atoms with Crippen LogP contribution in [0.25, 0.3) is 0 Å². The molecule has 36 heavy (non-hydrogen) atoms. The Morgan fingerprint density at radius 1 is 0.722 bits per heavy atom. The van der Waals surface area contributed by atoms with Crippen LogP contribution >= 0.6 is 0 Å². The van der Waals surface area contributed by atoms with Gasteiger partial charge in [-0.25, -0.2) is 19.6 Å². The summed E-state index contributed by atoms with van der Waals surface area (Å²) < 4.78 is 22.8. The molecular weight excluding hydrogens is 460 g/mol. The number of oxazole rings is 2. The zero-order valence-electron chi connectivity index (χ0n) is 22.1. The lowest BCUT2D eigenvalue weighted by Crippen LogP contribution is -2.30. The third-order valence-electron chi connectivity index (χ3n) is 6.76. The monoisotopic (exact) mass is 498 g/mol. The predicted octanol–water partition coefficient (Wildman–Crippen LogP) is 5.50. The molecule has 8 heteroatoms. The van der Waals surface area contributed by atoms with Crippen molar-refractivity contribution in [1.82, 2.24) is 9.97 Å². The van der Waals surface area contributed by atoms with Crippen molar-refractivity contribution in [2.75, 3.05) is 0 Å². The van der Waals surface area contributed by atoms with E-state index in [1.807, 2.05) is 39.8 Å². The van der Waals surface area contributed by atoms with E-state index in [1.165, 1.54) is 12.8 Å². The fourth-order valence-electron chi connectivity index (χ4n) is 4.86. The molecule has 0 saturated heterocycles. The lowest BCUT2D eigenvalue weighted by molar-refractivity contribution is -0.147. The highest BCUT2D eigenvalue weighted by Gasteiger charge is 2.28. The number of esters is 2. The lowest BCUT2D eigenvalue weighted by atomic mass is 9.88. The zero-order chi connectivity index (χ0) is 26.2. The van der Waals surface area contributed by atoms with Gasteiger partial charge in [0, 0.05) is 24.0 Å². The minimum absolute atomic E-state index is 0.0199. The lowest BCUT2D eigenvalue weighted by Gasteiger charge is -2.27. The van der Waals surface area contributed by atoms with Crippen LogP contribution in [0.15, 0.2) is 57.3 Å². The molecule has 3 heterocycles. The number of hydrogen-bond acceptors (Lipinski definition) is 8. The summed E-state index contributed by atoms with van der Waals surface area (Å²) >= 11 is 0. The van der Waals surface area contributed by atoms with Crippen LogP contribution in [0.1, 0.15) is 65.9 Å². The molecule has 0 radical (unpaired) electrons. The Labute approximate surface area is 213 Å². The van der Waals surface area contributed by atoms with Crippen LogP contribution in [0.2, 0.25) is 0 Å². The molecule has 0 aliphatic carbocycles. The first kappa shape index (κ1) is 27.4. The van der Waals surface area contributed by atoms with Crippen molar-refractivity contribution in [2.24, 2.45) is 23.7 Å². The first-order valence-corrected chi connectivity index (χ1v) is 12.7. The summed E-state index contributed by atoms with van der Waals surface area (Å²) in [5, 5.41) is 0. The Balaban J connectivity index is 1.87. The molecule has 0 amide bonds. The number of carbonyl (C=O) groups is 2. The minimum atomic E-state index is -0.384. The molecule has 3 rings (SSSR count). The van der Waals surface area contributed by atoms with Crippen LogP contribution in [-0.4, -0.2) is 34.1 Å². The minimum Gasteiger partial charge on any atom is -0.458 e. The third-order valence-corrected chi connectivity index (χ3v) is 6.76. The van der Waals surface area contributed by atoms with Crippen molar-refractivity contribution in [2.45, 2.75) is 79.4 Å². The van der Waals surface area contributed by atoms with Gasteiger partial charge in [0.1, 0.15) is 23.7 Å². The molecule has 2 aromatic rings. The topological polar surface area (TPSA) is 105 Å². The molecule has 8 nitrogen and oxygen atoms in total. The van der Waals surface area contributed by atoms with Crippen molar-refractivity contribution in [1.29, 1.82) is 0 Å². The SMILES string of the molecule is CC1=C[C@@H](C)C[C@@H](C)[C@@H](Cc2cnco2)OC(=O)/C(C)=C/[C@@H](C)C[C@@H](C)[C@@H](Cc2cnco2)OC1=O. The van der Waals surface area contributed by atoms with Crippen LogP contribution < -0.4 is 0 Å². The van der Waals surface area contributed by atoms with Crippen molar-refractivity contribution in [3.63, 3.8) is 0 Å². The molecule has 0 N–H and O–H groups in total. The fourth-order valence-corrected chi connectivity index (χ4v) is 4.86. The van der Waals surface area contributed by atoms with Crippen LogP contribution in [-0.2, 0) is 31.9 Å². The molecule has 0 bridgehead atoms. The van der Waals surface area contributed by atoms with Crippen LogP contribution in [0.3, 0.4) is 0 Å². The summed E-state index contributed by atoms with van der Waals surface area (Å²) in [6.45, 7) is 11.8.